The molecule has 0 fully saturated rings. The van der Waals surface area contributed by atoms with Crippen molar-refractivity contribution in [3.8, 4) is 16.9 Å². The molecule has 0 aliphatic carbocycles. The zero-order valence-corrected chi connectivity index (χ0v) is 19.2. The Bertz CT molecular complexity index is 1410. The Kier molecular flexibility index (Phi) is 5.05. The maximum atomic E-state index is 15.0. The molecule has 0 bridgehead atoms. The Morgan fingerprint density at radius 1 is 1.24 bits per heavy atom. The molecule has 174 valence electrons. The number of halogens is 1. The largest absolute Gasteiger partial charge is 0.477 e. The Hall–Kier alpha value is -3.92. The number of aliphatic hydroxyl groups is 1. The molecule has 0 aromatic carbocycles. The summed E-state index contributed by atoms with van der Waals surface area (Å²) in [5.41, 5.74) is 1.31. The average Bonchev–Trinajstić information content (AvgIpc) is 3.09. The minimum atomic E-state index is -1.21. The lowest BCUT2D eigenvalue weighted by molar-refractivity contribution is -0.125. The van der Waals surface area contributed by atoms with Gasteiger partial charge >= 0.3 is 0 Å². The number of hydrogen-bond acceptors (Lipinski definition) is 7. The number of imidazole rings is 1. The van der Waals surface area contributed by atoms with Crippen LogP contribution in [0.25, 0.3) is 16.8 Å². The molecule has 4 aromatic heterocycles. The Morgan fingerprint density at radius 2 is 1.97 bits per heavy atom. The molecule has 10 heteroatoms. The number of amides is 1. The van der Waals surface area contributed by atoms with Crippen molar-refractivity contribution in [1.82, 2.24) is 24.3 Å². The van der Waals surface area contributed by atoms with E-state index in [4.69, 9.17) is 4.74 Å². The van der Waals surface area contributed by atoms with Crippen molar-refractivity contribution in [1.29, 1.82) is 0 Å². The van der Waals surface area contributed by atoms with E-state index in [0.29, 0.717) is 34.2 Å². The van der Waals surface area contributed by atoms with E-state index in [1.165, 1.54) is 18.5 Å². The lowest BCUT2D eigenvalue weighted by Gasteiger charge is -2.31. The number of fused-ring (bicyclic) bond motifs is 2. The molecule has 1 atom stereocenters. The van der Waals surface area contributed by atoms with Gasteiger partial charge in [0.1, 0.15) is 17.1 Å². The molecule has 34 heavy (non-hydrogen) atoms. The first-order chi connectivity index (χ1) is 16.1. The van der Waals surface area contributed by atoms with Crippen LogP contribution in [0.2, 0.25) is 0 Å². The molecule has 5 heterocycles. The predicted octanol–water partition coefficient (Wildman–Crippen LogP) is 3.18. The van der Waals surface area contributed by atoms with Crippen LogP contribution < -0.4 is 9.64 Å². The van der Waals surface area contributed by atoms with E-state index in [-0.39, 0.29) is 23.8 Å². The number of ether oxygens (including phenoxy) is 1. The monoisotopic (exact) mass is 462 g/mol. The summed E-state index contributed by atoms with van der Waals surface area (Å²) in [4.78, 5) is 31.7. The van der Waals surface area contributed by atoms with Crippen molar-refractivity contribution in [2.45, 2.75) is 45.9 Å². The van der Waals surface area contributed by atoms with Crippen molar-refractivity contribution in [3.63, 3.8) is 0 Å². The van der Waals surface area contributed by atoms with E-state index in [1.807, 2.05) is 6.92 Å². The van der Waals surface area contributed by atoms with E-state index in [0.717, 1.165) is 0 Å². The lowest BCUT2D eigenvalue weighted by atomic mass is 10.1. The number of aromatic nitrogens is 5. The maximum absolute atomic E-state index is 15.0. The third kappa shape index (κ3) is 3.65. The third-order valence-electron chi connectivity index (χ3n) is 5.75. The molecule has 0 unspecified atom stereocenters. The van der Waals surface area contributed by atoms with Gasteiger partial charge in [-0.2, -0.15) is 0 Å². The maximum Gasteiger partial charge on any atom is 0.269 e. The summed E-state index contributed by atoms with van der Waals surface area (Å²) < 4.78 is 22.4. The second-order valence-corrected chi connectivity index (χ2v) is 8.77. The van der Waals surface area contributed by atoms with Gasteiger partial charge in [-0.1, -0.05) is 0 Å². The molecule has 1 amide bonds. The van der Waals surface area contributed by atoms with Gasteiger partial charge in [-0.3, -0.25) is 9.69 Å². The first-order valence-corrected chi connectivity index (χ1v) is 10.8. The zero-order chi connectivity index (χ0) is 24.2. The second kappa shape index (κ2) is 7.84. The van der Waals surface area contributed by atoms with Gasteiger partial charge in [-0.05, 0) is 39.8 Å². The topological polar surface area (TPSA) is 106 Å². The van der Waals surface area contributed by atoms with Crippen LogP contribution in [-0.2, 0) is 16.9 Å². The SMILES string of the molecule is Cc1nc2cc(F)c(-c3cnc(C(C)(C)O)nc3)cn2c1CN1C(=O)[C@@H](C)Oc2cccnc21. The van der Waals surface area contributed by atoms with Gasteiger partial charge in [0.25, 0.3) is 5.91 Å². The van der Waals surface area contributed by atoms with Gasteiger partial charge in [0, 0.05) is 42.0 Å². The summed E-state index contributed by atoms with van der Waals surface area (Å²) in [5.74, 6) is 0.489. The molecule has 0 spiro atoms. The number of anilines is 1. The highest BCUT2D eigenvalue weighted by atomic mass is 19.1. The summed E-state index contributed by atoms with van der Waals surface area (Å²) in [7, 11) is 0. The van der Waals surface area contributed by atoms with Gasteiger partial charge in [0.15, 0.2) is 23.5 Å². The van der Waals surface area contributed by atoms with Gasteiger partial charge < -0.3 is 14.2 Å². The average molecular weight is 462 g/mol. The van der Waals surface area contributed by atoms with Crippen LogP contribution in [0.5, 0.6) is 5.75 Å². The van der Waals surface area contributed by atoms with Crippen LogP contribution in [-0.4, -0.2) is 41.5 Å². The smallest absolute Gasteiger partial charge is 0.269 e. The van der Waals surface area contributed by atoms with Crippen LogP contribution in [0, 0.1) is 12.7 Å². The Balaban J connectivity index is 1.58. The molecule has 0 radical (unpaired) electrons. The van der Waals surface area contributed by atoms with Crippen molar-refractivity contribution in [2.24, 2.45) is 0 Å². The summed E-state index contributed by atoms with van der Waals surface area (Å²) in [6, 6.07) is 4.86. The van der Waals surface area contributed by atoms with Crippen LogP contribution in [0.1, 0.15) is 38.0 Å². The number of carbonyl (C=O) groups is 1. The fourth-order valence-electron chi connectivity index (χ4n) is 3.96. The molecule has 1 aliphatic heterocycles. The molecule has 1 aliphatic rings. The van der Waals surface area contributed by atoms with Crippen molar-refractivity contribution in [3.05, 3.63) is 66.0 Å². The van der Waals surface area contributed by atoms with E-state index in [1.54, 1.807) is 54.6 Å². The summed E-state index contributed by atoms with van der Waals surface area (Å²) in [6.07, 6.45) is 5.51. The number of carbonyl (C=O) groups excluding carboxylic acids is 1. The van der Waals surface area contributed by atoms with Crippen LogP contribution >= 0.6 is 0 Å². The highest BCUT2D eigenvalue weighted by molar-refractivity contribution is 5.98. The standard InChI is InChI=1S/C24H23FN6O3/c1-13-18(12-31-21-19(6-5-7-26-21)34-14(2)22(31)32)30-11-16(17(25)8-20(30)29-13)15-9-27-23(28-10-15)24(3,4)33/h5-11,14,33H,12H2,1-4H3/t14-/m1/s1. The summed E-state index contributed by atoms with van der Waals surface area (Å²) in [6.45, 7) is 6.85. The van der Waals surface area contributed by atoms with Crippen LogP contribution in [0.15, 0.2) is 43.0 Å². The molecule has 5 rings (SSSR count). The van der Waals surface area contributed by atoms with E-state index in [2.05, 4.69) is 19.9 Å². The first-order valence-electron chi connectivity index (χ1n) is 10.8. The van der Waals surface area contributed by atoms with Crippen molar-refractivity contribution < 1.29 is 19.0 Å². The Morgan fingerprint density at radius 3 is 2.68 bits per heavy atom. The number of rotatable bonds is 4. The van der Waals surface area contributed by atoms with E-state index in [9.17, 15) is 9.90 Å². The van der Waals surface area contributed by atoms with Crippen molar-refractivity contribution >= 4 is 17.4 Å². The molecule has 0 saturated heterocycles. The minimum Gasteiger partial charge on any atom is -0.477 e. The molecule has 0 saturated carbocycles. The number of nitrogens with zero attached hydrogens (tertiary/aromatic N) is 6. The number of aryl methyl sites for hydroxylation is 1. The summed E-state index contributed by atoms with van der Waals surface area (Å²) in [5, 5.41) is 10.1. The minimum absolute atomic E-state index is 0.183. The molecule has 4 aromatic rings. The fraction of sp³-hybridized carbons (Fsp3) is 0.292. The fourth-order valence-corrected chi connectivity index (χ4v) is 3.96. The second-order valence-electron chi connectivity index (χ2n) is 8.77. The van der Waals surface area contributed by atoms with Gasteiger partial charge in [0.2, 0.25) is 0 Å². The van der Waals surface area contributed by atoms with Crippen LogP contribution in [0.4, 0.5) is 10.2 Å². The van der Waals surface area contributed by atoms with E-state index < -0.39 is 17.5 Å². The first kappa shape index (κ1) is 21.9. The number of pyridine rings is 2. The highest BCUT2D eigenvalue weighted by Gasteiger charge is 2.33. The predicted molar refractivity (Wildman–Crippen MR) is 122 cm³/mol. The van der Waals surface area contributed by atoms with Crippen molar-refractivity contribution in [2.75, 3.05) is 4.90 Å². The zero-order valence-electron chi connectivity index (χ0n) is 19.2. The summed E-state index contributed by atoms with van der Waals surface area (Å²) >= 11 is 0. The van der Waals surface area contributed by atoms with E-state index >= 15 is 4.39 Å². The lowest BCUT2D eigenvalue weighted by Crippen LogP contribution is -2.44. The molecular formula is C24H23FN6O3. The van der Waals surface area contributed by atoms with Gasteiger partial charge in [0.05, 0.1) is 17.9 Å². The van der Waals surface area contributed by atoms with Crippen LogP contribution in [0.3, 0.4) is 0 Å². The molecular weight excluding hydrogens is 439 g/mol. The number of hydrogen-bond donors (Lipinski definition) is 1. The van der Waals surface area contributed by atoms with Gasteiger partial charge in [-0.15, -0.1) is 0 Å². The normalized spacial score (nSPS) is 16.0. The van der Waals surface area contributed by atoms with Gasteiger partial charge in [-0.25, -0.2) is 24.3 Å². The third-order valence-corrected chi connectivity index (χ3v) is 5.75. The molecule has 1 N–H and O–H groups in total. The highest BCUT2D eigenvalue weighted by Crippen LogP contribution is 2.33. The Labute approximate surface area is 194 Å². The quantitative estimate of drug-likeness (QED) is 0.497. The molecule has 9 nitrogen and oxygen atoms in total.